The Hall–Kier alpha value is 0.250. The van der Waals surface area contributed by atoms with Gasteiger partial charge in [0.1, 0.15) is 0 Å². The normalized spacial score (nSPS) is 12.4. The van der Waals surface area contributed by atoms with Gasteiger partial charge < -0.3 is 4.90 Å². The Labute approximate surface area is 135 Å². The van der Waals surface area contributed by atoms with Gasteiger partial charge >= 0.3 is 0 Å². The summed E-state index contributed by atoms with van der Waals surface area (Å²) in [6.45, 7) is 4.62. The van der Waals surface area contributed by atoms with Gasteiger partial charge in [0.25, 0.3) is 0 Å². The van der Waals surface area contributed by atoms with Crippen molar-refractivity contribution >= 4 is 12.4 Å². The topological polar surface area (TPSA) is 3.24 Å². The van der Waals surface area contributed by atoms with Crippen molar-refractivity contribution in [3.63, 3.8) is 0 Å². The number of rotatable bonds is 14. The molecule has 0 aromatic rings. The first-order valence-electron chi connectivity index (χ1n) is 8.85. The Kier molecular flexibility index (Phi) is 19.5. The molecule has 0 saturated carbocycles. The molecule has 0 fully saturated rings. The van der Waals surface area contributed by atoms with Crippen LogP contribution >= 0.6 is 12.4 Å². The first-order valence-corrected chi connectivity index (χ1v) is 8.85. The van der Waals surface area contributed by atoms with E-state index in [2.05, 4.69) is 32.8 Å². The summed E-state index contributed by atoms with van der Waals surface area (Å²) >= 11 is 0. The van der Waals surface area contributed by atoms with E-state index in [0.29, 0.717) is 0 Å². The van der Waals surface area contributed by atoms with Gasteiger partial charge in [-0.2, -0.15) is 0 Å². The number of halogens is 1. The largest absolute Gasteiger partial charge is 0.307 e. The van der Waals surface area contributed by atoms with E-state index in [9.17, 15) is 0 Å². The second-order valence-corrected chi connectivity index (χ2v) is 6.49. The van der Waals surface area contributed by atoms with E-state index in [1.54, 1.807) is 0 Å². The Balaban J connectivity index is 0. The van der Waals surface area contributed by atoms with Gasteiger partial charge in [-0.15, -0.1) is 12.4 Å². The zero-order valence-corrected chi connectivity index (χ0v) is 15.4. The van der Waals surface area contributed by atoms with Gasteiger partial charge in [-0.25, -0.2) is 0 Å². The van der Waals surface area contributed by atoms with E-state index in [4.69, 9.17) is 0 Å². The van der Waals surface area contributed by atoms with Gasteiger partial charge in [-0.1, -0.05) is 84.0 Å². The second-order valence-electron chi connectivity index (χ2n) is 6.49. The first kappa shape index (κ1) is 22.5. The molecule has 0 amide bonds. The van der Waals surface area contributed by atoms with Crippen LogP contribution in [0.2, 0.25) is 0 Å². The number of hydrogen-bond donors (Lipinski definition) is 0. The van der Waals surface area contributed by atoms with E-state index in [1.807, 2.05) is 0 Å². The third kappa shape index (κ3) is 16.3. The van der Waals surface area contributed by atoms with Gasteiger partial charge in [-0.3, -0.25) is 0 Å². The van der Waals surface area contributed by atoms with E-state index in [1.165, 1.54) is 83.5 Å². The molecule has 0 spiro atoms. The van der Waals surface area contributed by atoms with Crippen molar-refractivity contribution < 1.29 is 0 Å². The monoisotopic (exact) mass is 305 g/mol. The summed E-state index contributed by atoms with van der Waals surface area (Å²) in [6.07, 6.45) is 18.8. The van der Waals surface area contributed by atoms with Crippen LogP contribution in [0.1, 0.15) is 97.3 Å². The number of nitrogens with zero attached hydrogens (tertiary/aromatic N) is 1. The van der Waals surface area contributed by atoms with Crippen molar-refractivity contribution in [1.82, 2.24) is 4.90 Å². The molecule has 1 atom stereocenters. The van der Waals surface area contributed by atoms with E-state index in [-0.39, 0.29) is 12.4 Å². The zero-order chi connectivity index (χ0) is 14.3. The molecule has 0 rings (SSSR count). The molecule has 1 nitrogen and oxygen atoms in total. The van der Waals surface area contributed by atoms with Crippen molar-refractivity contribution in [3.8, 4) is 0 Å². The molecule has 0 aromatic carbocycles. The summed E-state index contributed by atoms with van der Waals surface area (Å²) in [5.74, 6) is 0. The molecule has 0 saturated heterocycles. The molecule has 0 aliphatic heterocycles. The summed E-state index contributed by atoms with van der Waals surface area (Å²) in [7, 11) is 4.37. The maximum absolute atomic E-state index is 2.33. The molecule has 0 aliphatic rings. The average molecular weight is 306 g/mol. The van der Waals surface area contributed by atoms with Crippen LogP contribution in [0, 0.1) is 0 Å². The Morgan fingerprint density at radius 2 is 1.00 bits per heavy atom. The standard InChI is InChI=1S/C18H39N.ClH/c1-5-6-7-8-9-10-11-12-13-14-15-16-17-18(2)19(3)4;/h18H,5-17H2,1-4H3;1H. The summed E-state index contributed by atoms with van der Waals surface area (Å²) < 4.78 is 0. The molecule has 1 unspecified atom stereocenters. The third-order valence-electron chi connectivity index (χ3n) is 4.36. The van der Waals surface area contributed by atoms with Crippen molar-refractivity contribution in [3.05, 3.63) is 0 Å². The highest BCUT2D eigenvalue weighted by molar-refractivity contribution is 5.85. The van der Waals surface area contributed by atoms with Crippen LogP contribution in [0.3, 0.4) is 0 Å². The highest BCUT2D eigenvalue weighted by Crippen LogP contribution is 2.13. The van der Waals surface area contributed by atoms with Crippen molar-refractivity contribution in [2.45, 2.75) is 103 Å². The van der Waals surface area contributed by atoms with Crippen LogP contribution < -0.4 is 0 Å². The smallest absolute Gasteiger partial charge is 0.00608 e. The van der Waals surface area contributed by atoms with E-state index < -0.39 is 0 Å². The maximum Gasteiger partial charge on any atom is 0.00608 e. The molecule has 0 bridgehead atoms. The minimum Gasteiger partial charge on any atom is -0.307 e. The van der Waals surface area contributed by atoms with E-state index in [0.717, 1.165) is 6.04 Å². The quantitative estimate of drug-likeness (QED) is 0.333. The molecule has 0 aliphatic carbocycles. The van der Waals surface area contributed by atoms with Crippen LogP contribution in [0.25, 0.3) is 0 Å². The molecular formula is C18H40ClN. The lowest BCUT2D eigenvalue weighted by molar-refractivity contribution is 0.291. The lowest BCUT2D eigenvalue weighted by atomic mass is 10.0. The molecule has 124 valence electrons. The average Bonchev–Trinajstić information content (AvgIpc) is 2.39. The van der Waals surface area contributed by atoms with Gasteiger partial charge in [0.05, 0.1) is 0 Å². The Morgan fingerprint density at radius 1 is 0.650 bits per heavy atom. The molecule has 20 heavy (non-hydrogen) atoms. The predicted octanol–water partition coefficient (Wildman–Crippen LogP) is 6.45. The molecule has 0 N–H and O–H groups in total. The fraction of sp³-hybridized carbons (Fsp3) is 1.00. The maximum atomic E-state index is 2.33. The molecular weight excluding hydrogens is 266 g/mol. The van der Waals surface area contributed by atoms with Crippen LogP contribution in [-0.2, 0) is 0 Å². The van der Waals surface area contributed by atoms with Crippen LogP contribution in [0.5, 0.6) is 0 Å². The Morgan fingerprint density at radius 3 is 1.35 bits per heavy atom. The minimum atomic E-state index is 0. The molecule has 2 heteroatoms. The number of hydrogen-bond acceptors (Lipinski definition) is 1. The SMILES string of the molecule is CCCCCCCCCCCCCCC(C)N(C)C.Cl. The van der Waals surface area contributed by atoms with Crippen molar-refractivity contribution in [2.75, 3.05) is 14.1 Å². The molecule has 0 heterocycles. The third-order valence-corrected chi connectivity index (χ3v) is 4.36. The first-order chi connectivity index (χ1) is 9.18. The fourth-order valence-electron chi connectivity index (χ4n) is 2.54. The fourth-order valence-corrected chi connectivity index (χ4v) is 2.54. The Bertz CT molecular complexity index is 171. The van der Waals surface area contributed by atoms with Gasteiger partial charge in [0, 0.05) is 6.04 Å². The van der Waals surface area contributed by atoms with Crippen LogP contribution in [0.4, 0.5) is 0 Å². The highest BCUT2D eigenvalue weighted by atomic mass is 35.5. The lowest BCUT2D eigenvalue weighted by Crippen LogP contribution is -2.24. The van der Waals surface area contributed by atoms with E-state index >= 15 is 0 Å². The van der Waals surface area contributed by atoms with Gasteiger partial charge in [0.15, 0.2) is 0 Å². The van der Waals surface area contributed by atoms with Gasteiger partial charge in [-0.05, 0) is 27.4 Å². The summed E-state index contributed by atoms with van der Waals surface area (Å²) in [5, 5.41) is 0. The summed E-state index contributed by atoms with van der Waals surface area (Å²) in [5.41, 5.74) is 0. The minimum absolute atomic E-state index is 0. The van der Waals surface area contributed by atoms with Crippen LogP contribution in [-0.4, -0.2) is 25.0 Å². The van der Waals surface area contributed by atoms with Gasteiger partial charge in [0.2, 0.25) is 0 Å². The lowest BCUT2D eigenvalue weighted by Gasteiger charge is -2.19. The second kappa shape index (κ2) is 17.3. The highest BCUT2D eigenvalue weighted by Gasteiger charge is 2.02. The molecule has 0 radical (unpaired) electrons. The predicted molar refractivity (Wildman–Crippen MR) is 96.1 cm³/mol. The van der Waals surface area contributed by atoms with Crippen LogP contribution in [0.15, 0.2) is 0 Å². The number of unbranched alkanes of at least 4 members (excludes halogenated alkanes) is 11. The molecule has 0 aromatic heterocycles. The zero-order valence-electron chi connectivity index (χ0n) is 14.6. The summed E-state index contributed by atoms with van der Waals surface area (Å²) in [4.78, 5) is 2.33. The summed E-state index contributed by atoms with van der Waals surface area (Å²) in [6, 6.07) is 0.753. The van der Waals surface area contributed by atoms with Crippen molar-refractivity contribution in [1.29, 1.82) is 0 Å². The van der Waals surface area contributed by atoms with Crippen molar-refractivity contribution in [2.24, 2.45) is 0 Å².